The third-order valence-electron chi connectivity index (χ3n) is 2.52. The number of hydrogen-bond donors (Lipinski definition) is 1. The molecule has 0 saturated heterocycles. The molecule has 0 unspecified atom stereocenters. The molecule has 4 nitrogen and oxygen atoms in total. The topological polar surface area (TPSA) is 47.9 Å². The van der Waals surface area contributed by atoms with Crippen molar-refractivity contribution in [1.82, 2.24) is 0 Å². The fraction of sp³-hybridized carbons (Fsp3) is 0.143. The average molecular weight is 342 g/mol. The Kier molecular flexibility index (Phi) is 5.67. The highest BCUT2D eigenvalue weighted by molar-refractivity contribution is 8.07. The van der Waals surface area contributed by atoms with Gasteiger partial charge in [-0.2, -0.15) is 0 Å². The first-order valence-electron chi connectivity index (χ1n) is 6.03. The smallest absolute Gasteiger partial charge is 0.380 e. The SMILES string of the molecule is COP(=S)(OC)Oc1cccc(Sc2cccc(O)c2)c1. The Morgan fingerprint density at radius 1 is 1.00 bits per heavy atom. The predicted octanol–water partition coefficient (Wildman–Crippen LogP) is 4.44. The van der Waals surface area contributed by atoms with Crippen LogP contribution in [-0.4, -0.2) is 19.3 Å². The lowest BCUT2D eigenvalue weighted by Crippen LogP contribution is -1.96. The van der Waals surface area contributed by atoms with E-state index in [0.717, 1.165) is 9.79 Å². The quantitative estimate of drug-likeness (QED) is 0.783. The normalized spacial score (nSPS) is 11.3. The third-order valence-corrected chi connectivity index (χ3v) is 5.95. The van der Waals surface area contributed by atoms with Gasteiger partial charge in [-0.25, -0.2) is 0 Å². The van der Waals surface area contributed by atoms with Crippen LogP contribution in [0.1, 0.15) is 0 Å². The number of rotatable bonds is 6. The molecule has 0 atom stereocenters. The molecule has 0 bridgehead atoms. The van der Waals surface area contributed by atoms with Crippen LogP contribution < -0.4 is 4.52 Å². The molecule has 0 heterocycles. The van der Waals surface area contributed by atoms with Crippen LogP contribution in [0.5, 0.6) is 11.5 Å². The second-order valence-corrected chi connectivity index (χ2v) is 8.27. The standard InChI is InChI=1S/C14H15O4PS2/c1-16-19(20,17-2)18-12-6-4-8-14(10-12)21-13-7-3-5-11(15)9-13/h3-10,15H,1-2H3. The van der Waals surface area contributed by atoms with Gasteiger partial charge in [0.05, 0.1) is 0 Å². The Bertz CT molecular complexity index is 655. The van der Waals surface area contributed by atoms with Crippen molar-refractivity contribution in [1.29, 1.82) is 0 Å². The highest BCUT2D eigenvalue weighted by Crippen LogP contribution is 2.48. The Balaban J connectivity index is 2.16. The summed E-state index contributed by atoms with van der Waals surface area (Å²) in [6, 6.07) is 14.5. The van der Waals surface area contributed by atoms with Crippen LogP contribution in [0.3, 0.4) is 0 Å². The monoisotopic (exact) mass is 342 g/mol. The summed E-state index contributed by atoms with van der Waals surface area (Å²) in [6.45, 7) is -2.73. The van der Waals surface area contributed by atoms with Crippen molar-refractivity contribution in [3.8, 4) is 11.5 Å². The highest BCUT2D eigenvalue weighted by Gasteiger charge is 2.18. The average Bonchev–Trinajstić information content (AvgIpc) is 2.47. The van der Waals surface area contributed by atoms with Crippen LogP contribution in [-0.2, 0) is 20.9 Å². The molecular weight excluding hydrogens is 327 g/mol. The molecule has 0 radical (unpaired) electrons. The number of aromatic hydroxyl groups is 1. The fourth-order valence-electron chi connectivity index (χ4n) is 1.56. The minimum absolute atomic E-state index is 0.238. The van der Waals surface area contributed by atoms with Gasteiger partial charge >= 0.3 is 6.72 Å². The molecule has 2 aromatic rings. The lowest BCUT2D eigenvalue weighted by atomic mass is 10.3. The molecule has 7 heteroatoms. The molecule has 0 amide bonds. The summed E-state index contributed by atoms with van der Waals surface area (Å²) in [5.41, 5.74) is 0. The van der Waals surface area contributed by atoms with Crippen LogP contribution in [0.2, 0.25) is 0 Å². The van der Waals surface area contributed by atoms with Crippen LogP contribution >= 0.6 is 18.5 Å². The molecule has 0 saturated carbocycles. The number of hydrogen-bond acceptors (Lipinski definition) is 6. The van der Waals surface area contributed by atoms with E-state index in [4.69, 9.17) is 25.4 Å². The third kappa shape index (κ3) is 4.73. The van der Waals surface area contributed by atoms with Gasteiger partial charge in [0.15, 0.2) is 0 Å². The van der Waals surface area contributed by atoms with Crippen molar-refractivity contribution in [2.45, 2.75) is 9.79 Å². The Morgan fingerprint density at radius 3 is 2.24 bits per heavy atom. The molecule has 0 spiro atoms. The maximum atomic E-state index is 9.48. The second kappa shape index (κ2) is 7.29. The molecule has 0 aliphatic carbocycles. The molecule has 0 aliphatic heterocycles. The maximum absolute atomic E-state index is 9.48. The van der Waals surface area contributed by atoms with E-state index in [0.29, 0.717) is 5.75 Å². The van der Waals surface area contributed by atoms with Crippen molar-refractivity contribution >= 4 is 30.3 Å². The van der Waals surface area contributed by atoms with Crippen LogP contribution in [0.25, 0.3) is 0 Å². The number of benzene rings is 2. The van der Waals surface area contributed by atoms with E-state index in [1.807, 2.05) is 24.3 Å². The molecule has 2 rings (SSSR count). The van der Waals surface area contributed by atoms with E-state index < -0.39 is 6.72 Å². The minimum Gasteiger partial charge on any atom is -0.508 e. The van der Waals surface area contributed by atoms with E-state index >= 15 is 0 Å². The van der Waals surface area contributed by atoms with E-state index in [1.54, 1.807) is 24.3 Å². The zero-order valence-electron chi connectivity index (χ0n) is 11.6. The van der Waals surface area contributed by atoms with E-state index in [-0.39, 0.29) is 5.75 Å². The number of phenolic OH excluding ortho intramolecular Hbond substituents is 1. The summed E-state index contributed by atoms with van der Waals surface area (Å²) in [6.07, 6.45) is 0. The minimum atomic E-state index is -2.73. The first-order chi connectivity index (χ1) is 10.0. The Morgan fingerprint density at radius 2 is 1.62 bits per heavy atom. The van der Waals surface area contributed by atoms with Gasteiger partial charge in [0.2, 0.25) is 0 Å². The second-order valence-electron chi connectivity index (χ2n) is 3.98. The highest BCUT2D eigenvalue weighted by atomic mass is 32.5. The number of phenols is 1. The molecule has 0 aromatic heterocycles. The van der Waals surface area contributed by atoms with Crippen LogP contribution in [0.15, 0.2) is 58.3 Å². The molecule has 2 aromatic carbocycles. The van der Waals surface area contributed by atoms with E-state index in [1.165, 1.54) is 26.0 Å². The zero-order valence-corrected chi connectivity index (χ0v) is 14.1. The van der Waals surface area contributed by atoms with Gasteiger partial charge in [-0.3, -0.25) is 0 Å². The molecule has 1 N–H and O–H groups in total. The van der Waals surface area contributed by atoms with Crippen LogP contribution in [0, 0.1) is 0 Å². The van der Waals surface area contributed by atoms with Gasteiger partial charge in [0, 0.05) is 35.8 Å². The van der Waals surface area contributed by atoms with Gasteiger partial charge in [-0.15, -0.1) is 0 Å². The maximum Gasteiger partial charge on any atom is 0.380 e. The molecule has 21 heavy (non-hydrogen) atoms. The first kappa shape index (κ1) is 16.3. The van der Waals surface area contributed by atoms with E-state index in [2.05, 4.69) is 0 Å². The molecule has 112 valence electrons. The summed E-state index contributed by atoms with van der Waals surface area (Å²) < 4.78 is 15.8. The van der Waals surface area contributed by atoms with Gasteiger partial charge < -0.3 is 18.7 Å². The van der Waals surface area contributed by atoms with Gasteiger partial charge in [0.25, 0.3) is 0 Å². The van der Waals surface area contributed by atoms with Crippen LogP contribution in [0.4, 0.5) is 0 Å². The fourth-order valence-corrected chi connectivity index (χ4v) is 3.40. The van der Waals surface area contributed by atoms with Gasteiger partial charge in [-0.1, -0.05) is 23.9 Å². The first-order valence-corrected chi connectivity index (χ1v) is 9.40. The van der Waals surface area contributed by atoms with Crippen molar-refractivity contribution in [2.24, 2.45) is 0 Å². The summed E-state index contributed by atoms with van der Waals surface area (Å²) in [5, 5.41) is 9.48. The molecule has 0 fully saturated rings. The van der Waals surface area contributed by atoms with Gasteiger partial charge in [0.1, 0.15) is 11.5 Å². The predicted molar refractivity (Wildman–Crippen MR) is 87.6 cm³/mol. The Hall–Kier alpha value is -1.04. The van der Waals surface area contributed by atoms with Crippen molar-refractivity contribution < 1.29 is 18.7 Å². The summed E-state index contributed by atoms with van der Waals surface area (Å²) in [5.74, 6) is 0.828. The Labute approximate surface area is 133 Å². The van der Waals surface area contributed by atoms with E-state index in [9.17, 15) is 5.11 Å². The summed E-state index contributed by atoms with van der Waals surface area (Å²) >= 11 is 6.69. The van der Waals surface area contributed by atoms with Crippen molar-refractivity contribution in [2.75, 3.05) is 14.2 Å². The lowest BCUT2D eigenvalue weighted by Gasteiger charge is -2.18. The lowest BCUT2D eigenvalue weighted by molar-refractivity contribution is 0.273. The summed E-state index contributed by atoms with van der Waals surface area (Å²) in [4.78, 5) is 1.90. The van der Waals surface area contributed by atoms with Crippen molar-refractivity contribution in [3.63, 3.8) is 0 Å². The molecular formula is C14H15O4PS2. The molecule has 0 aliphatic rings. The van der Waals surface area contributed by atoms with Gasteiger partial charge in [-0.05, 0) is 36.4 Å². The zero-order chi connectivity index (χ0) is 15.3. The summed E-state index contributed by atoms with van der Waals surface area (Å²) in [7, 11) is 2.94. The van der Waals surface area contributed by atoms with Crippen molar-refractivity contribution in [3.05, 3.63) is 48.5 Å². The largest absolute Gasteiger partial charge is 0.508 e.